The number of hydrogen-bond acceptors (Lipinski definition) is 12. The minimum absolute atomic E-state index is 0.142. The average Bonchev–Trinajstić information content (AvgIpc) is 3.30. The third-order valence-corrected chi connectivity index (χ3v) is 17.0. The molecule has 4 heterocycles. The van der Waals surface area contributed by atoms with E-state index in [1.807, 2.05) is 115 Å². The highest BCUT2D eigenvalue weighted by Gasteiger charge is 2.58. The molecule has 338 valence electrons. The number of rotatable bonds is 16. The van der Waals surface area contributed by atoms with Crippen LogP contribution in [0.3, 0.4) is 0 Å². The Bertz CT molecular complexity index is 2020. The number of ether oxygens (including phenoxy) is 11. The van der Waals surface area contributed by atoms with Crippen LogP contribution in [-0.2, 0) is 65.0 Å². The van der Waals surface area contributed by atoms with Crippen LogP contribution in [0.1, 0.15) is 55.6 Å². The predicted octanol–water partition coefficient (Wildman–Crippen LogP) is 8.82. The van der Waals surface area contributed by atoms with Gasteiger partial charge in [0.1, 0.15) is 54.6 Å². The molecule has 0 saturated carbocycles. The van der Waals surface area contributed by atoms with E-state index in [9.17, 15) is 0 Å². The molecule has 0 radical (unpaired) electrons. The van der Waals surface area contributed by atoms with Gasteiger partial charge in [-0.05, 0) is 41.4 Å². The molecule has 0 aromatic heterocycles. The van der Waals surface area contributed by atoms with E-state index in [0.29, 0.717) is 0 Å². The summed E-state index contributed by atoms with van der Waals surface area (Å²) >= 11 is 0. The third-order valence-electron chi connectivity index (χ3n) is 12.5. The molecule has 4 aromatic rings. The van der Waals surface area contributed by atoms with E-state index in [4.69, 9.17) is 56.5 Å². The zero-order valence-electron chi connectivity index (χ0n) is 37.1. The van der Waals surface area contributed by atoms with Gasteiger partial charge < -0.3 is 56.5 Å². The van der Waals surface area contributed by atoms with Crippen LogP contribution in [0.4, 0.5) is 0 Å². The van der Waals surface area contributed by atoms with Crippen LogP contribution in [0.2, 0.25) is 18.1 Å². The summed E-state index contributed by atoms with van der Waals surface area (Å²) in [6.07, 6.45) is -6.98. The lowest BCUT2D eigenvalue weighted by Crippen LogP contribution is -2.69. The van der Waals surface area contributed by atoms with Gasteiger partial charge >= 0.3 is 0 Å². The summed E-state index contributed by atoms with van der Waals surface area (Å²) in [5.41, 5.74) is 3.69. The smallest absolute Gasteiger partial charge is 0.192 e. The number of hydrogen-bond donors (Lipinski definition) is 0. The van der Waals surface area contributed by atoms with Crippen molar-refractivity contribution in [3.63, 3.8) is 0 Å². The second kappa shape index (κ2) is 20.6. The lowest BCUT2D eigenvalue weighted by Gasteiger charge is -2.54. The predicted molar refractivity (Wildman–Crippen MR) is 237 cm³/mol. The van der Waals surface area contributed by atoms with Gasteiger partial charge in [-0.2, -0.15) is 0 Å². The fraction of sp³-hybridized carbons (Fsp3) is 0.480. The molecule has 12 nitrogen and oxygen atoms in total. The van der Waals surface area contributed by atoms with E-state index in [0.717, 1.165) is 28.0 Å². The van der Waals surface area contributed by atoms with Crippen molar-refractivity contribution in [2.24, 2.45) is 0 Å². The van der Waals surface area contributed by atoms with Crippen LogP contribution >= 0.6 is 0 Å². The molecule has 0 aliphatic carbocycles. The fourth-order valence-electron chi connectivity index (χ4n) is 8.06. The summed E-state index contributed by atoms with van der Waals surface area (Å²) in [6, 6.07) is 37.6. The molecule has 0 spiro atoms. The SMILES string of the molecule is C=CCO[C@H]1O[C@@H]2COC(c3ccccc3)O[C@H]2[C@H](OCc2ccc(OC)cc2)[C@@H]1O[C@@H]1O[C@@H]2COC(c3ccccc3)O[C@H]2[C@H](O[Si](C)(C)C(C)(C)C)[C@@H]1OCc1ccccc1. The highest BCUT2D eigenvalue weighted by molar-refractivity contribution is 6.74. The normalized spacial score (nSPS) is 31.1. The maximum absolute atomic E-state index is 7.42. The topological polar surface area (TPSA) is 111 Å². The van der Waals surface area contributed by atoms with Crippen molar-refractivity contribution in [1.29, 1.82) is 0 Å². The summed E-state index contributed by atoms with van der Waals surface area (Å²) in [7, 11) is -0.862. The molecule has 4 saturated heterocycles. The van der Waals surface area contributed by atoms with Gasteiger partial charge in [0.25, 0.3) is 0 Å². The molecular weight excluding hydrogens is 821 g/mol. The Labute approximate surface area is 372 Å². The van der Waals surface area contributed by atoms with Crippen molar-refractivity contribution >= 4 is 8.32 Å². The van der Waals surface area contributed by atoms with Gasteiger partial charge in [-0.15, -0.1) is 6.58 Å². The molecule has 4 aliphatic heterocycles. The Balaban J connectivity index is 1.17. The Morgan fingerprint density at radius 1 is 0.603 bits per heavy atom. The van der Waals surface area contributed by atoms with Crippen molar-refractivity contribution in [2.75, 3.05) is 26.9 Å². The molecule has 63 heavy (non-hydrogen) atoms. The monoisotopic (exact) mass is 882 g/mol. The molecule has 4 aliphatic rings. The van der Waals surface area contributed by atoms with Crippen LogP contribution in [0.5, 0.6) is 5.75 Å². The molecule has 0 amide bonds. The first kappa shape index (κ1) is 45.8. The van der Waals surface area contributed by atoms with Crippen LogP contribution < -0.4 is 4.74 Å². The third kappa shape index (κ3) is 10.8. The number of benzene rings is 4. The van der Waals surface area contributed by atoms with Gasteiger partial charge in [0.2, 0.25) is 0 Å². The number of fused-ring (bicyclic) bond motifs is 2. The van der Waals surface area contributed by atoms with Crippen LogP contribution in [0.25, 0.3) is 0 Å². The summed E-state index contributed by atoms with van der Waals surface area (Å²) in [5, 5.41) is -0.142. The quantitative estimate of drug-likeness (QED) is 0.0793. The molecule has 8 rings (SSSR count). The zero-order valence-corrected chi connectivity index (χ0v) is 38.1. The van der Waals surface area contributed by atoms with Gasteiger partial charge in [0.15, 0.2) is 33.5 Å². The summed E-state index contributed by atoms with van der Waals surface area (Å²) in [6.45, 7) is 16.2. The maximum atomic E-state index is 7.42. The molecule has 0 bridgehead atoms. The molecule has 0 N–H and O–H groups in total. The minimum Gasteiger partial charge on any atom is -0.497 e. The van der Waals surface area contributed by atoms with Gasteiger partial charge in [-0.1, -0.05) is 130 Å². The van der Waals surface area contributed by atoms with Crippen molar-refractivity contribution in [3.8, 4) is 5.75 Å². The van der Waals surface area contributed by atoms with Crippen LogP contribution in [0.15, 0.2) is 128 Å². The highest BCUT2D eigenvalue weighted by Crippen LogP contribution is 2.45. The van der Waals surface area contributed by atoms with Crippen LogP contribution in [-0.4, -0.2) is 96.7 Å². The Morgan fingerprint density at radius 3 is 1.65 bits per heavy atom. The van der Waals surface area contributed by atoms with Gasteiger partial charge in [-0.25, -0.2) is 0 Å². The minimum atomic E-state index is -2.51. The van der Waals surface area contributed by atoms with E-state index < -0.39 is 82.3 Å². The van der Waals surface area contributed by atoms with Crippen molar-refractivity contribution in [2.45, 2.75) is 126 Å². The first-order valence-electron chi connectivity index (χ1n) is 21.9. The van der Waals surface area contributed by atoms with E-state index in [1.165, 1.54) is 0 Å². The second-order valence-electron chi connectivity index (χ2n) is 17.9. The molecule has 4 fully saturated rings. The average molecular weight is 883 g/mol. The van der Waals surface area contributed by atoms with E-state index in [-0.39, 0.29) is 38.1 Å². The standard InChI is InChI=1S/C50H62O12Si/c1-8-28-52-48-45(42(53-30-34-24-26-37(51-5)27-25-34)40-38(57-48)31-55-46(59-40)35-20-14-10-15-21-35)61-49-44(54-29-33-18-12-9-13-19-33)43(62-63(6,7)50(2,3)4)41-39(58-49)32-56-47(60-41)36-22-16-11-17-23-36/h8-27,38-49H,1,28-32H2,2-7H3/t38-,39-,40-,41-,42+,43+,44+,45+,46?,47?,48+,49+/m1/s1. The molecular formula is C50H62O12Si. The van der Waals surface area contributed by atoms with Crippen molar-refractivity contribution in [1.82, 2.24) is 0 Å². The Kier molecular flexibility index (Phi) is 14.9. The van der Waals surface area contributed by atoms with Gasteiger partial charge in [-0.3, -0.25) is 0 Å². The molecule has 12 atom stereocenters. The molecule has 13 heteroatoms. The zero-order chi connectivity index (χ0) is 44.0. The summed E-state index contributed by atoms with van der Waals surface area (Å²) in [4.78, 5) is 0. The first-order chi connectivity index (χ1) is 30.5. The van der Waals surface area contributed by atoms with Crippen molar-refractivity contribution < 1.29 is 56.5 Å². The van der Waals surface area contributed by atoms with Gasteiger partial charge in [0.05, 0.1) is 40.1 Å². The van der Waals surface area contributed by atoms with Crippen LogP contribution in [0, 0.1) is 0 Å². The fourth-order valence-corrected chi connectivity index (χ4v) is 9.36. The Morgan fingerprint density at radius 2 is 1.11 bits per heavy atom. The van der Waals surface area contributed by atoms with Crippen molar-refractivity contribution in [3.05, 3.63) is 150 Å². The lowest BCUT2D eigenvalue weighted by atomic mass is 9.95. The van der Waals surface area contributed by atoms with E-state index in [1.54, 1.807) is 13.2 Å². The number of methoxy groups -OCH3 is 1. The molecule has 2 unspecified atom stereocenters. The van der Waals surface area contributed by atoms with Gasteiger partial charge in [0, 0.05) is 11.1 Å². The van der Waals surface area contributed by atoms with E-state index >= 15 is 0 Å². The highest BCUT2D eigenvalue weighted by atomic mass is 28.4. The van der Waals surface area contributed by atoms with E-state index in [2.05, 4.69) is 40.4 Å². The first-order valence-corrected chi connectivity index (χ1v) is 24.8. The summed E-state index contributed by atoms with van der Waals surface area (Å²) in [5.74, 6) is 0.747. The second-order valence-corrected chi connectivity index (χ2v) is 22.6. The summed E-state index contributed by atoms with van der Waals surface area (Å²) < 4.78 is 80.5. The Hall–Kier alpha value is -3.80. The maximum Gasteiger partial charge on any atom is 0.192 e. The largest absolute Gasteiger partial charge is 0.497 e. The molecule has 4 aromatic carbocycles. The lowest BCUT2D eigenvalue weighted by molar-refractivity contribution is -0.409.